The lowest BCUT2D eigenvalue weighted by Gasteiger charge is -2.03. The highest BCUT2D eigenvalue weighted by Crippen LogP contribution is 1.86. The van der Waals surface area contributed by atoms with Gasteiger partial charge in [0.15, 0.2) is 0 Å². The lowest BCUT2D eigenvalue weighted by atomic mass is 10.4. The molecule has 0 aromatic rings. The smallest absolute Gasteiger partial charge is 0.0672 e. The molecule has 2 N–H and O–H groups in total. The van der Waals surface area contributed by atoms with E-state index in [1.807, 2.05) is 6.92 Å². The molecule has 0 aliphatic rings. The van der Waals surface area contributed by atoms with E-state index in [2.05, 4.69) is 11.9 Å². The third-order valence-electron chi connectivity index (χ3n) is 1.06. The molecule has 0 bridgehead atoms. The van der Waals surface area contributed by atoms with Gasteiger partial charge in [0.1, 0.15) is 0 Å². The van der Waals surface area contributed by atoms with Gasteiger partial charge >= 0.3 is 0 Å². The fourth-order valence-corrected chi connectivity index (χ4v) is 0.595. The first-order valence-corrected chi connectivity index (χ1v) is 3.81. The average Bonchev–Trinajstić information content (AvgIpc) is 1.96. The Balaban J connectivity index is 2.85. The Labute approximate surface area is 68.1 Å². The lowest BCUT2D eigenvalue weighted by molar-refractivity contribution is 0.156. The summed E-state index contributed by atoms with van der Waals surface area (Å²) in [5.41, 5.74) is 1.03. The normalized spacial score (nSPS) is 10.0. The quantitative estimate of drug-likeness (QED) is 0.411. The van der Waals surface area contributed by atoms with Crippen LogP contribution in [0, 0.1) is 0 Å². The minimum absolute atomic E-state index is 0.181. The number of aliphatic hydroxyl groups excluding tert-OH is 1. The molecule has 0 atom stereocenters. The summed E-state index contributed by atoms with van der Waals surface area (Å²) in [5.74, 6) is 0. The molecule has 0 aliphatic carbocycles. The van der Waals surface area contributed by atoms with Crippen molar-refractivity contribution < 1.29 is 9.84 Å². The van der Waals surface area contributed by atoms with E-state index in [-0.39, 0.29) is 6.61 Å². The van der Waals surface area contributed by atoms with E-state index < -0.39 is 0 Å². The van der Waals surface area contributed by atoms with Gasteiger partial charge in [-0.05, 0) is 6.92 Å². The first-order valence-electron chi connectivity index (χ1n) is 3.81. The summed E-state index contributed by atoms with van der Waals surface area (Å²) in [5, 5.41) is 11.4. The zero-order chi connectivity index (χ0) is 8.53. The van der Waals surface area contributed by atoms with Crippen molar-refractivity contribution in [3.63, 3.8) is 0 Å². The van der Waals surface area contributed by atoms with Gasteiger partial charge in [-0.1, -0.05) is 12.2 Å². The maximum Gasteiger partial charge on any atom is 0.0672 e. The Morgan fingerprint density at radius 2 is 2.27 bits per heavy atom. The molecule has 3 nitrogen and oxygen atoms in total. The van der Waals surface area contributed by atoms with Gasteiger partial charge in [0.05, 0.1) is 19.8 Å². The summed E-state index contributed by atoms with van der Waals surface area (Å²) in [4.78, 5) is 0. The zero-order valence-electron chi connectivity index (χ0n) is 7.10. The Hall–Kier alpha value is -0.380. The van der Waals surface area contributed by atoms with Crippen LogP contribution < -0.4 is 5.32 Å². The monoisotopic (exact) mass is 159 g/mol. The first kappa shape index (κ1) is 10.6. The lowest BCUT2D eigenvalue weighted by Crippen LogP contribution is -2.23. The molecule has 0 unspecified atom stereocenters. The van der Waals surface area contributed by atoms with E-state index in [9.17, 15) is 0 Å². The van der Waals surface area contributed by atoms with Crippen molar-refractivity contribution in [2.75, 3.05) is 32.9 Å². The van der Waals surface area contributed by atoms with Crippen LogP contribution in [0.25, 0.3) is 0 Å². The van der Waals surface area contributed by atoms with Gasteiger partial charge in [0, 0.05) is 13.1 Å². The third-order valence-corrected chi connectivity index (χ3v) is 1.06. The predicted molar refractivity (Wildman–Crippen MR) is 45.6 cm³/mol. The van der Waals surface area contributed by atoms with Crippen molar-refractivity contribution in [3.8, 4) is 0 Å². The van der Waals surface area contributed by atoms with E-state index in [1.165, 1.54) is 0 Å². The van der Waals surface area contributed by atoms with Crippen LogP contribution in [0.4, 0.5) is 0 Å². The SMILES string of the molecule is C=C(C)COCCNCCO. The van der Waals surface area contributed by atoms with Crippen LogP contribution in [0.15, 0.2) is 12.2 Å². The number of rotatable bonds is 7. The van der Waals surface area contributed by atoms with Gasteiger partial charge < -0.3 is 15.2 Å². The van der Waals surface area contributed by atoms with E-state index in [1.54, 1.807) is 0 Å². The van der Waals surface area contributed by atoms with Crippen molar-refractivity contribution in [1.29, 1.82) is 0 Å². The number of aliphatic hydroxyl groups is 1. The minimum Gasteiger partial charge on any atom is -0.395 e. The first-order chi connectivity index (χ1) is 5.27. The van der Waals surface area contributed by atoms with Crippen LogP contribution in [0.3, 0.4) is 0 Å². The maximum atomic E-state index is 8.39. The molecular formula is C8H17NO2. The number of hydrogen-bond acceptors (Lipinski definition) is 3. The number of hydrogen-bond donors (Lipinski definition) is 2. The van der Waals surface area contributed by atoms with Crippen molar-refractivity contribution >= 4 is 0 Å². The zero-order valence-corrected chi connectivity index (χ0v) is 7.10. The highest BCUT2D eigenvalue weighted by Gasteiger charge is 1.87. The molecule has 0 aromatic carbocycles. The summed E-state index contributed by atoms with van der Waals surface area (Å²) in [7, 11) is 0. The van der Waals surface area contributed by atoms with E-state index >= 15 is 0 Å². The molecule has 0 saturated heterocycles. The Kier molecular flexibility index (Phi) is 7.46. The molecule has 0 fully saturated rings. The van der Waals surface area contributed by atoms with Crippen molar-refractivity contribution in [2.45, 2.75) is 6.92 Å². The molecular weight excluding hydrogens is 142 g/mol. The molecule has 0 aliphatic heterocycles. The van der Waals surface area contributed by atoms with Gasteiger partial charge in [-0.3, -0.25) is 0 Å². The van der Waals surface area contributed by atoms with Crippen LogP contribution in [0.1, 0.15) is 6.92 Å². The van der Waals surface area contributed by atoms with Crippen LogP contribution in [0.5, 0.6) is 0 Å². The average molecular weight is 159 g/mol. The largest absolute Gasteiger partial charge is 0.395 e. The van der Waals surface area contributed by atoms with E-state index in [4.69, 9.17) is 9.84 Å². The summed E-state index contributed by atoms with van der Waals surface area (Å²) < 4.78 is 5.20. The van der Waals surface area contributed by atoms with Gasteiger partial charge in [0.2, 0.25) is 0 Å². The summed E-state index contributed by atoms with van der Waals surface area (Å²) >= 11 is 0. The molecule has 0 heterocycles. The molecule has 11 heavy (non-hydrogen) atoms. The molecule has 0 spiro atoms. The second kappa shape index (κ2) is 7.72. The van der Waals surface area contributed by atoms with Crippen LogP contribution in [-0.2, 0) is 4.74 Å². The Bertz CT molecular complexity index is 104. The van der Waals surface area contributed by atoms with Gasteiger partial charge in [-0.25, -0.2) is 0 Å². The van der Waals surface area contributed by atoms with Gasteiger partial charge in [0.25, 0.3) is 0 Å². The summed E-state index contributed by atoms with van der Waals surface area (Å²) in [6.45, 7) is 8.54. The van der Waals surface area contributed by atoms with E-state index in [0.29, 0.717) is 19.8 Å². The molecule has 3 heteroatoms. The highest BCUT2D eigenvalue weighted by molar-refractivity contribution is 4.87. The molecule has 0 amide bonds. The predicted octanol–water partition coefficient (Wildman–Crippen LogP) is 0.161. The molecule has 0 aromatic heterocycles. The second-order valence-electron chi connectivity index (χ2n) is 2.48. The topological polar surface area (TPSA) is 41.5 Å². The standard InChI is InChI=1S/C8H17NO2/c1-8(2)7-11-6-4-9-3-5-10/h9-10H,1,3-7H2,2H3. The molecule has 0 radical (unpaired) electrons. The number of ether oxygens (including phenoxy) is 1. The van der Waals surface area contributed by atoms with Crippen LogP contribution >= 0.6 is 0 Å². The molecule has 66 valence electrons. The molecule has 0 rings (SSSR count). The highest BCUT2D eigenvalue weighted by atomic mass is 16.5. The van der Waals surface area contributed by atoms with Crippen molar-refractivity contribution in [2.24, 2.45) is 0 Å². The van der Waals surface area contributed by atoms with Gasteiger partial charge in [-0.15, -0.1) is 0 Å². The van der Waals surface area contributed by atoms with Crippen LogP contribution in [-0.4, -0.2) is 38.0 Å². The Morgan fingerprint density at radius 1 is 1.55 bits per heavy atom. The van der Waals surface area contributed by atoms with Crippen molar-refractivity contribution in [3.05, 3.63) is 12.2 Å². The maximum absolute atomic E-state index is 8.39. The minimum atomic E-state index is 0.181. The molecule has 0 saturated carbocycles. The van der Waals surface area contributed by atoms with E-state index in [0.717, 1.165) is 12.1 Å². The van der Waals surface area contributed by atoms with Crippen molar-refractivity contribution in [1.82, 2.24) is 5.32 Å². The second-order valence-corrected chi connectivity index (χ2v) is 2.48. The Morgan fingerprint density at radius 3 is 2.82 bits per heavy atom. The number of nitrogens with one attached hydrogen (secondary N) is 1. The van der Waals surface area contributed by atoms with Crippen LogP contribution in [0.2, 0.25) is 0 Å². The summed E-state index contributed by atoms with van der Waals surface area (Å²) in [6, 6.07) is 0. The van der Waals surface area contributed by atoms with Gasteiger partial charge in [-0.2, -0.15) is 0 Å². The fraction of sp³-hybridized carbons (Fsp3) is 0.750. The third kappa shape index (κ3) is 9.62. The summed E-state index contributed by atoms with van der Waals surface area (Å²) in [6.07, 6.45) is 0. The fourth-order valence-electron chi connectivity index (χ4n) is 0.595.